The van der Waals surface area contributed by atoms with Crippen molar-refractivity contribution in [2.45, 2.75) is 44.8 Å². The van der Waals surface area contributed by atoms with E-state index in [0.29, 0.717) is 48.1 Å². The number of carbonyl (C=O) groups excluding carboxylic acids is 2. The van der Waals surface area contributed by atoms with Crippen molar-refractivity contribution in [2.24, 2.45) is 29.6 Å². The summed E-state index contributed by atoms with van der Waals surface area (Å²) in [5, 5.41) is 1.76. The number of likely N-dealkylation sites (tertiary alicyclic amines) is 2. The SMILES string of the molecule is O=C(c1ccccc1)N1CC(Cn2c(-c3cc4ccccc4n3CC3CC3)nc3cc(C(=O)N4CC5CC6CC4[C@H]65)cc(Cl)c32)C1. The first-order chi connectivity index (χ1) is 22.5. The maximum Gasteiger partial charge on any atom is 0.254 e. The third-order valence-corrected chi connectivity index (χ3v) is 12.0. The number of aromatic nitrogens is 3. The molecule has 5 fully saturated rings. The zero-order chi connectivity index (χ0) is 30.7. The van der Waals surface area contributed by atoms with E-state index in [2.05, 4.69) is 44.4 Å². The highest BCUT2D eigenvalue weighted by molar-refractivity contribution is 6.35. The van der Waals surface area contributed by atoms with E-state index in [4.69, 9.17) is 16.6 Å². The molecule has 2 saturated heterocycles. The Kier molecular flexibility index (Phi) is 5.85. The number of rotatable bonds is 7. The predicted molar refractivity (Wildman–Crippen MR) is 179 cm³/mol. The third-order valence-electron chi connectivity index (χ3n) is 11.7. The van der Waals surface area contributed by atoms with Gasteiger partial charge in [0.05, 0.1) is 21.7 Å². The topological polar surface area (TPSA) is 63.4 Å². The highest BCUT2D eigenvalue weighted by Gasteiger charge is 2.61. The highest BCUT2D eigenvalue weighted by atomic mass is 35.5. The second-order valence-electron chi connectivity index (χ2n) is 14.6. The van der Waals surface area contributed by atoms with E-state index in [1.165, 1.54) is 30.2 Å². The third kappa shape index (κ3) is 4.06. The Bertz CT molecular complexity index is 2060. The number of amides is 2. The van der Waals surface area contributed by atoms with E-state index in [9.17, 15) is 9.59 Å². The minimum Gasteiger partial charge on any atom is -0.338 e. The van der Waals surface area contributed by atoms with Crippen LogP contribution < -0.4 is 0 Å². The van der Waals surface area contributed by atoms with E-state index < -0.39 is 0 Å². The standard InChI is InChI=1S/C38H36ClN5O2/c39-29-13-27(38(46)43-21-28-12-26-16-32(43)34(26)28)14-30-35(29)44(20-23-17-41(18-23)37(45)24-6-2-1-3-7-24)36(40-30)33-15-25-8-4-5-9-31(25)42(33)19-22-10-11-22/h1-9,13-15,22-23,26,28,32,34H,10-12,16-21H2/t26?,28?,32?,34-/m1/s1. The molecule has 0 spiro atoms. The Morgan fingerprint density at radius 2 is 1.57 bits per heavy atom. The highest BCUT2D eigenvalue weighted by Crippen LogP contribution is 2.60. The van der Waals surface area contributed by atoms with Gasteiger partial charge >= 0.3 is 0 Å². The van der Waals surface area contributed by atoms with Crippen LogP contribution in [0, 0.1) is 29.6 Å². The number of fused-ring (bicyclic) bond motifs is 2. The van der Waals surface area contributed by atoms with Crippen molar-refractivity contribution in [3.05, 3.63) is 88.9 Å². The van der Waals surface area contributed by atoms with Gasteiger partial charge in [0.1, 0.15) is 0 Å². The quantitative estimate of drug-likeness (QED) is 0.195. The molecule has 7 nitrogen and oxygen atoms in total. The summed E-state index contributed by atoms with van der Waals surface area (Å²) in [6, 6.07) is 24.6. The minimum atomic E-state index is 0.0754. The van der Waals surface area contributed by atoms with Crippen LogP contribution in [0.1, 0.15) is 46.4 Å². The molecule has 10 rings (SSSR count). The largest absolute Gasteiger partial charge is 0.338 e. The molecule has 2 aliphatic heterocycles. The summed E-state index contributed by atoms with van der Waals surface area (Å²) in [5.74, 6) is 4.25. The molecule has 2 amide bonds. The fourth-order valence-electron chi connectivity index (χ4n) is 9.10. The van der Waals surface area contributed by atoms with Crippen molar-refractivity contribution in [3.63, 3.8) is 0 Å². The summed E-state index contributed by atoms with van der Waals surface area (Å²) in [7, 11) is 0. The number of benzene rings is 3. The number of halogens is 1. The molecule has 3 unspecified atom stereocenters. The van der Waals surface area contributed by atoms with E-state index in [-0.39, 0.29) is 17.7 Å². The Labute approximate surface area is 272 Å². The zero-order valence-corrected chi connectivity index (χ0v) is 26.4. The summed E-state index contributed by atoms with van der Waals surface area (Å²) in [4.78, 5) is 36.3. The molecule has 0 N–H and O–H groups in total. The Morgan fingerprint density at radius 3 is 2.35 bits per heavy atom. The lowest BCUT2D eigenvalue weighted by Crippen LogP contribution is -2.53. The summed E-state index contributed by atoms with van der Waals surface area (Å²) >= 11 is 7.15. The van der Waals surface area contributed by atoms with Crippen LogP contribution in [0.25, 0.3) is 33.5 Å². The Hall–Kier alpha value is -4.10. The van der Waals surface area contributed by atoms with Gasteiger partial charge in [-0.2, -0.15) is 0 Å². The minimum absolute atomic E-state index is 0.0754. The van der Waals surface area contributed by atoms with Crippen LogP contribution in [0.5, 0.6) is 0 Å². The number of nitrogens with zero attached hydrogens (tertiary/aromatic N) is 5. The normalized spacial score (nSPS) is 25.0. The van der Waals surface area contributed by atoms with Crippen molar-refractivity contribution in [3.8, 4) is 11.5 Å². The van der Waals surface area contributed by atoms with Gasteiger partial charge < -0.3 is 18.9 Å². The smallest absolute Gasteiger partial charge is 0.254 e. The van der Waals surface area contributed by atoms with Crippen molar-refractivity contribution in [1.82, 2.24) is 23.9 Å². The molecule has 5 aromatic rings. The van der Waals surface area contributed by atoms with Crippen LogP contribution in [0.2, 0.25) is 5.02 Å². The molecule has 232 valence electrons. The summed E-state index contributed by atoms with van der Waals surface area (Å²) in [6.45, 7) is 3.91. The molecular formula is C38H36ClN5O2. The average molecular weight is 630 g/mol. The second kappa shape index (κ2) is 9.95. The molecule has 8 heteroatoms. The van der Waals surface area contributed by atoms with Gasteiger partial charge in [0, 0.05) is 66.7 Å². The van der Waals surface area contributed by atoms with Crippen LogP contribution in [0.15, 0.2) is 72.8 Å². The molecule has 5 aliphatic rings. The van der Waals surface area contributed by atoms with E-state index in [0.717, 1.165) is 59.5 Å². The number of para-hydroxylation sites is 1. The molecule has 4 atom stereocenters. The van der Waals surface area contributed by atoms with Crippen molar-refractivity contribution < 1.29 is 9.59 Å². The second-order valence-corrected chi connectivity index (χ2v) is 15.0. The molecular weight excluding hydrogens is 594 g/mol. The monoisotopic (exact) mass is 629 g/mol. The van der Waals surface area contributed by atoms with Gasteiger partial charge in [0.2, 0.25) is 0 Å². The maximum absolute atomic E-state index is 13.9. The van der Waals surface area contributed by atoms with E-state index >= 15 is 0 Å². The van der Waals surface area contributed by atoms with Crippen LogP contribution in [-0.2, 0) is 13.1 Å². The lowest BCUT2D eigenvalue weighted by Gasteiger charge is -2.52. The van der Waals surface area contributed by atoms with Crippen molar-refractivity contribution >= 4 is 45.4 Å². The van der Waals surface area contributed by atoms with Crippen LogP contribution >= 0.6 is 11.6 Å². The molecule has 3 aromatic carbocycles. The van der Waals surface area contributed by atoms with Gasteiger partial charge in [-0.05, 0) is 85.8 Å². The Balaban J connectivity index is 1.04. The van der Waals surface area contributed by atoms with E-state index in [1.54, 1.807) is 0 Å². The average Bonchev–Trinajstić information content (AvgIpc) is 3.68. The molecule has 2 aromatic heterocycles. The summed E-state index contributed by atoms with van der Waals surface area (Å²) < 4.78 is 4.70. The molecule has 0 bridgehead atoms. The summed E-state index contributed by atoms with van der Waals surface area (Å²) in [6.07, 6.45) is 4.95. The zero-order valence-electron chi connectivity index (χ0n) is 25.7. The van der Waals surface area contributed by atoms with Crippen LogP contribution in [-0.4, -0.2) is 61.4 Å². The van der Waals surface area contributed by atoms with Crippen molar-refractivity contribution in [2.75, 3.05) is 19.6 Å². The number of hydrogen-bond acceptors (Lipinski definition) is 3. The van der Waals surface area contributed by atoms with Crippen molar-refractivity contribution in [1.29, 1.82) is 0 Å². The van der Waals surface area contributed by atoms with Gasteiger partial charge in [-0.1, -0.05) is 48.0 Å². The Morgan fingerprint density at radius 1 is 0.783 bits per heavy atom. The van der Waals surface area contributed by atoms with E-state index in [1.807, 2.05) is 47.4 Å². The van der Waals surface area contributed by atoms with Crippen LogP contribution in [0.3, 0.4) is 0 Å². The lowest BCUT2D eigenvalue weighted by atomic mass is 9.53. The number of carbonyl (C=O) groups is 2. The predicted octanol–water partition coefficient (Wildman–Crippen LogP) is 6.97. The first-order valence-electron chi connectivity index (χ1n) is 16.9. The molecule has 0 radical (unpaired) electrons. The fourth-order valence-corrected chi connectivity index (χ4v) is 9.42. The van der Waals surface area contributed by atoms with Gasteiger partial charge in [-0.25, -0.2) is 4.98 Å². The molecule has 3 aliphatic carbocycles. The first-order valence-corrected chi connectivity index (χ1v) is 17.3. The fraction of sp³-hybridized carbons (Fsp3) is 0.395. The molecule has 46 heavy (non-hydrogen) atoms. The van der Waals surface area contributed by atoms with Crippen LogP contribution in [0.4, 0.5) is 0 Å². The van der Waals surface area contributed by atoms with Gasteiger partial charge in [0.15, 0.2) is 5.82 Å². The lowest BCUT2D eigenvalue weighted by molar-refractivity contribution is -0.0204. The first kappa shape index (κ1) is 27.1. The van der Waals surface area contributed by atoms with Gasteiger partial charge in [0.25, 0.3) is 11.8 Å². The number of imidazole rings is 1. The molecule has 3 saturated carbocycles. The van der Waals surface area contributed by atoms with Gasteiger partial charge in [-0.3, -0.25) is 9.59 Å². The summed E-state index contributed by atoms with van der Waals surface area (Å²) in [5.41, 5.74) is 5.30. The van der Waals surface area contributed by atoms with Gasteiger partial charge in [-0.15, -0.1) is 0 Å². The maximum atomic E-state index is 13.9. The number of hydrogen-bond donors (Lipinski definition) is 0. The molecule has 4 heterocycles.